The lowest BCUT2D eigenvalue weighted by Crippen LogP contribution is -2.14. The number of thioether (sulfide) groups is 1. The zero-order valence-electron chi connectivity index (χ0n) is 10.8. The Hall–Kier alpha value is -1.42. The summed E-state index contributed by atoms with van der Waals surface area (Å²) in [6.45, 7) is 3.19. The van der Waals surface area contributed by atoms with Gasteiger partial charge in [-0.3, -0.25) is 4.98 Å². The molecule has 0 saturated carbocycles. The monoisotopic (exact) mass is 261 g/mol. The van der Waals surface area contributed by atoms with Crippen molar-refractivity contribution in [3.05, 3.63) is 30.6 Å². The van der Waals surface area contributed by atoms with Gasteiger partial charge in [-0.05, 0) is 30.1 Å². The molecule has 0 aliphatic rings. The molecule has 96 valence electrons. The number of benzene rings is 1. The van der Waals surface area contributed by atoms with Gasteiger partial charge in [0.1, 0.15) is 0 Å². The first-order chi connectivity index (χ1) is 8.72. The maximum Gasteiger partial charge on any atom is 0.0630 e. The number of aromatic nitrogens is 1. The SMILES string of the molecule is CSCC(C)CNc1ccc2cnccc2c1N. The van der Waals surface area contributed by atoms with Crippen molar-refractivity contribution < 1.29 is 0 Å². The summed E-state index contributed by atoms with van der Waals surface area (Å²) in [5.74, 6) is 1.79. The first kappa shape index (κ1) is 13.0. The van der Waals surface area contributed by atoms with Gasteiger partial charge < -0.3 is 11.1 Å². The normalized spacial score (nSPS) is 12.6. The van der Waals surface area contributed by atoms with E-state index in [1.165, 1.54) is 0 Å². The van der Waals surface area contributed by atoms with Crippen LogP contribution < -0.4 is 11.1 Å². The van der Waals surface area contributed by atoms with Crippen molar-refractivity contribution in [2.24, 2.45) is 5.92 Å². The Balaban J connectivity index is 2.16. The Morgan fingerprint density at radius 3 is 3.00 bits per heavy atom. The van der Waals surface area contributed by atoms with Crippen LogP contribution in [0.4, 0.5) is 11.4 Å². The number of nitrogen functional groups attached to an aromatic ring is 1. The van der Waals surface area contributed by atoms with Crippen molar-refractivity contribution in [3.63, 3.8) is 0 Å². The van der Waals surface area contributed by atoms with E-state index in [0.29, 0.717) is 5.92 Å². The lowest BCUT2D eigenvalue weighted by Gasteiger charge is -2.15. The van der Waals surface area contributed by atoms with E-state index in [9.17, 15) is 0 Å². The first-order valence-electron chi connectivity index (χ1n) is 6.07. The van der Waals surface area contributed by atoms with Crippen LogP contribution >= 0.6 is 11.8 Å². The van der Waals surface area contributed by atoms with Crippen LogP contribution in [0.15, 0.2) is 30.6 Å². The minimum absolute atomic E-state index is 0.632. The first-order valence-corrected chi connectivity index (χ1v) is 7.46. The number of nitrogens with zero attached hydrogens (tertiary/aromatic N) is 1. The average Bonchev–Trinajstić information content (AvgIpc) is 2.39. The lowest BCUT2D eigenvalue weighted by molar-refractivity contribution is 0.702. The third-order valence-electron chi connectivity index (χ3n) is 2.95. The molecule has 1 unspecified atom stereocenters. The number of nitrogens with two attached hydrogens (primary N) is 1. The summed E-state index contributed by atoms with van der Waals surface area (Å²) >= 11 is 1.87. The summed E-state index contributed by atoms with van der Waals surface area (Å²) in [6.07, 6.45) is 5.75. The van der Waals surface area contributed by atoms with Gasteiger partial charge in [0.2, 0.25) is 0 Å². The molecule has 18 heavy (non-hydrogen) atoms. The van der Waals surface area contributed by atoms with Crippen LogP contribution in [0.25, 0.3) is 10.8 Å². The Kier molecular flexibility index (Phi) is 4.31. The number of nitrogens with one attached hydrogen (secondary N) is 1. The number of hydrogen-bond donors (Lipinski definition) is 2. The Bertz CT molecular complexity index is 527. The molecule has 2 rings (SSSR count). The largest absolute Gasteiger partial charge is 0.397 e. The molecule has 3 N–H and O–H groups in total. The molecule has 1 atom stereocenters. The smallest absolute Gasteiger partial charge is 0.0630 e. The molecule has 1 heterocycles. The van der Waals surface area contributed by atoms with Gasteiger partial charge in [-0.2, -0.15) is 11.8 Å². The lowest BCUT2D eigenvalue weighted by atomic mass is 10.1. The summed E-state index contributed by atoms with van der Waals surface area (Å²) in [6, 6.07) is 6.05. The second-order valence-corrected chi connectivity index (χ2v) is 5.48. The minimum atomic E-state index is 0.632. The quantitative estimate of drug-likeness (QED) is 0.811. The van der Waals surface area contributed by atoms with E-state index < -0.39 is 0 Å². The van der Waals surface area contributed by atoms with Gasteiger partial charge in [-0.25, -0.2) is 0 Å². The van der Waals surface area contributed by atoms with E-state index in [4.69, 9.17) is 5.73 Å². The average molecular weight is 261 g/mol. The highest BCUT2D eigenvalue weighted by atomic mass is 32.2. The number of hydrogen-bond acceptors (Lipinski definition) is 4. The van der Waals surface area contributed by atoms with Crippen LogP contribution in [0, 0.1) is 5.92 Å². The zero-order chi connectivity index (χ0) is 13.0. The van der Waals surface area contributed by atoms with Gasteiger partial charge in [0.15, 0.2) is 0 Å². The molecule has 4 heteroatoms. The third-order valence-corrected chi connectivity index (χ3v) is 3.86. The molecular weight excluding hydrogens is 242 g/mol. The molecule has 1 aromatic heterocycles. The van der Waals surface area contributed by atoms with Crippen molar-refractivity contribution in [2.75, 3.05) is 29.6 Å². The predicted molar refractivity (Wildman–Crippen MR) is 82.2 cm³/mol. The van der Waals surface area contributed by atoms with Gasteiger partial charge in [-0.15, -0.1) is 0 Å². The van der Waals surface area contributed by atoms with E-state index in [0.717, 1.165) is 34.4 Å². The molecule has 0 amide bonds. The second kappa shape index (κ2) is 5.96. The van der Waals surface area contributed by atoms with Gasteiger partial charge in [0.05, 0.1) is 11.4 Å². The molecule has 0 aliphatic heterocycles. The summed E-state index contributed by atoms with van der Waals surface area (Å²) < 4.78 is 0. The number of rotatable bonds is 5. The van der Waals surface area contributed by atoms with Crippen LogP contribution in [0.3, 0.4) is 0 Å². The topological polar surface area (TPSA) is 50.9 Å². The van der Waals surface area contributed by atoms with Crippen molar-refractivity contribution in [3.8, 4) is 0 Å². The predicted octanol–water partition coefficient (Wildman–Crippen LogP) is 3.23. The summed E-state index contributed by atoms with van der Waals surface area (Å²) in [4.78, 5) is 4.10. The molecule has 0 bridgehead atoms. The molecular formula is C14H19N3S. The van der Waals surface area contributed by atoms with E-state index in [-0.39, 0.29) is 0 Å². The molecule has 0 aliphatic carbocycles. The maximum absolute atomic E-state index is 6.18. The molecule has 1 aromatic carbocycles. The molecule has 0 saturated heterocycles. The second-order valence-electron chi connectivity index (χ2n) is 4.57. The van der Waals surface area contributed by atoms with E-state index in [1.54, 1.807) is 6.20 Å². The molecule has 0 spiro atoms. The fraction of sp³-hybridized carbons (Fsp3) is 0.357. The van der Waals surface area contributed by atoms with E-state index in [1.807, 2.05) is 30.1 Å². The summed E-state index contributed by atoms with van der Waals surface area (Å²) in [7, 11) is 0. The van der Waals surface area contributed by atoms with Crippen molar-refractivity contribution in [2.45, 2.75) is 6.92 Å². The van der Waals surface area contributed by atoms with E-state index >= 15 is 0 Å². The van der Waals surface area contributed by atoms with Gasteiger partial charge in [-0.1, -0.05) is 13.0 Å². The fourth-order valence-corrected chi connectivity index (χ4v) is 2.66. The van der Waals surface area contributed by atoms with Gasteiger partial charge >= 0.3 is 0 Å². The molecule has 3 nitrogen and oxygen atoms in total. The van der Waals surface area contributed by atoms with Crippen molar-refractivity contribution in [1.29, 1.82) is 0 Å². The number of fused-ring (bicyclic) bond motifs is 1. The van der Waals surface area contributed by atoms with Crippen LogP contribution in [-0.4, -0.2) is 23.5 Å². The Morgan fingerprint density at radius 2 is 2.22 bits per heavy atom. The van der Waals surface area contributed by atoms with Gasteiger partial charge in [0.25, 0.3) is 0 Å². The number of pyridine rings is 1. The fourth-order valence-electron chi connectivity index (χ4n) is 1.97. The van der Waals surface area contributed by atoms with Crippen molar-refractivity contribution >= 4 is 33.9 Å². The summed E-state index contributed by atoms with van der Waals surface area (Å²) in [5.41, 5.74) is 8.01. The standard InChI is InChI=1S/C14H19N3S/c1-10(9-18-2)7-17-13-4-3-11-8-16-6-5-12(11)14(13)15/h3-6,8,10,17H,7,9,15H2,1-2H3. The maximum atomic E-state index is 6.18. The third kappa shape index (κ3) is 2.88. The zero-order valence-corrected chi connectivity index (χ0v) is 11.6. The highest BCUT2D eigenvalue weighted by Crippen LogP contribution is 2.28. The van der Waals surface area contributed by atoms with E-state index in [2.05, 4.69) is 29.5 Å². The summed E-state index contributed by atoms with van der Waals surface area (Å²) in [5, 5.41) is 5.57. The van der Waals surface area contributed by atoms with Crippen LogP contribution in [0.2, 0.25) is 0 Å². The van der Waals surface area contributed by atoms with Crippen LogP contribution in [0.1, 0.15) is 6.92 Å². The van der Waals surface area contributed by atoms with Crippen molar-refractivity contribution in [1.82, 2.24) is 4.98 Å². The molecule has 0 fully saturated rings. The highest BCUT2D eigenvalue weighted by Gasteiger charge is 2.06. The number of anilines is 2. The van der Waals surface area contributed by atoms with Crippen LogP contribution in [-0.2, 0) is 0 Å². The molecule has 2 aromatic rings. The van der Waals surface area contributed by atoms with Crippen LogP contribution in [0.5, 0.6) is 0 Å². The Morgan fingerprint density at radius 1 is 1.39 bits per heavy atom. The van der Waals surface area contributed by atoms with Gasteiger partial charge in [0, 0.05) is 29.7 Å². The minimum Gasteiger partial charge on any atom is -0.397 e. The molecule has 0 radical (unpaired) electrons. The Labute approximate surface area is 112 Å². The highest BCUT2D eigenvalue weighted by molar-refractivity contribution is 7.98.